The molecule has 1 heterocycles. The summed E-state index contributed by atoms with van der Waals surface area (Å²) in [6, 6.07) is 19.7. The molecule has 3 nitrogen and oxygen atoms in total. The molecule has 0 aliphatic rings. The summed E-state index contributed by atoms with van der Waals surface area (Å²) in [5.74, 6) is 0. The Morgan fingerprint density at radius 2 is 1.50 bits per heavy atom. The first-order valence-corrected chi connectivity index (χ1v) is 8.82. The van der Waals surface area contributed by atoms with Crippen LogP contribution in [-0.4, -0.2) is 8.76 Å². The predicted octanol–water partition coefficient (Wildman–Crippen LogP) is 5.07. The van der Waals surface area contributed by atoms with E-state index in [-0.39, 0.29) is 0 Å². The van der Waals surface area contributed by atoms with Gasteiger partial charge in [-0.15, -0.1) is 0 Å². The molecule has 1 unspecified atom stereocenters. The maximum atomic E-state index is 11.3. The van der Waals surface area contributed by atoms with Crippen LogP contribution < -0.4 is 0 Å². The van der Waals surface area contributed by atoms with Crippen molar-refractivity contribution in [2.24, 2.45) is 0 Å². The fourth-order valence-electron chi connectivity index (χ4n) is 2.96. The molecule has 120 valence electrons. The van der Waals surface area contributed by atoms with E-state index >= 15 is 0 Å². The number of hydrogen-bond acceptors (Lipinski definition) is 2. The largest absolute Gasteiger partial charge is 0.456 e. The Morgan fingerprint density at radius 1 is 0.875 bits per heavy atom. The third-order valence-electron chi connectivity index (χ3n) is 4.24. The first-order valence-electron chi connectivity index (χ1n) is 7.72. The average molecular weight is 336 g/mol. The van der Waals surface area contributed by atoms with Crippen LogP contribution in [0.2, 0.25) is 0 Å². The minimum absolute atomic E-state index is 0.383. The van der Waals surface area contributed by atoms with Gasteiger partial charge in [0.1, 0.15) is 11.2 Å². The lowest BCUT2D eigenvalue weighted by Crippen LogP contribution is -1.88. The van der Waals surface area contributed by atoms with Crippen molar-refractivity contribution in [2.45, 2.75) is 18.2 Å². The fraction of sp³-hybridized carbons (Fsp3) is 0.100. The van der Waals surface area contributed by atoms with E-state index in [1.807, 2.05) is 6.07 Å². The first kappa shape index (κ1) is 15.1. The molecule has 0 aliphatic carbocycles. The lowest BCUT2D eigenvalue weighted by Gasteiger charge is -2.03. The van der Waals surface area contributed by atoms with Crippen molar-refractivity contribution in [1.29, 1.82) is 0 Å². The molecule has 0 bridgehead atoms. The third-order valence-corrected chi connectivity index (χ3v) is 4.89. The Kier molecular flexibility index (Phi) is 3.71. The van der Waals surface area contributed by atoms with E-state index in [2.05, 4.69) is 43.3 Å². The minimum Gasteiger partial charge on any atom is -0.456 e. The van der Waals surface area contributed by atoms with Crippen LogP contribution >= 0.6 is 0 Å². The zero-order valence-corrected chi connectivity index (χ0v) is 14.0. The van der Waals surface area contributed by atoms with Crippen molar-refractivity contribution in [3.8, 4) is 0 Å². The summed E-state index contributed by atoms with van der Waals surface area (Å²) in [7, 11) is 0. The lowest BCUT2D eigenvalue weighted by atomic mass is 10.0. The number of rotatable bonds is 3. The summed E-state index contributed by atoms with van der Waals surface area (Å²) in [4.78, 5) is 0.383. The normalized spacial score (nSPS) is 12.8. The van der Waals surface area contributed by atoms with E-state index in [0.29, 0.717) is 4.90 Å². The van der Waals surface area contributed by atoms with Crippen LogP contribution in [0.1, 0.15) is 16.7 Å². The van der Waals surface area contributed by atoms with Crippen LogP contribution in [0.15, 0.2) is 70.0 Å². The Balaban J connectivity index is 1.80. The number of aryl methyl sites for hydroxylation is 1. The molecule has 0 saturated heterocycles. The van der Waals surface area contributed by atoms with Crippen molar-refractivity contribution in [2.75, 3.05) is 0 Å². The molecule has 0 fully saturated rings. The fourth-order valence-corrected chi connectivity index (χ4v) is 3.37. The Labute approximate surface area is 142 Å². The standard InChI is InChI=1S/C20H16O3S/c1-13-2-4-14(5-3-13)10-15-6-8-19-17(11-15)18-12-16(24(21)22)7-9-20(18)23-19/h2-9,11-12H,10H2,1H3,(H,21,22). The van der Waals surface area contributed by atoms with E-state index in [1.165, 1.54) is 16.7 Å². The van der Waals surface area contributed by atoms with Crippen molar-refractivity contribution in [1.82, 2.24) is 0 Å². The Morgan fingerprint density at radius 3 is 2.21 bits per heavy atom. The topological polar surface area (TPSA) is 50.4 Å². The zero-order chi connectivity index (χ0) is 16.7. The summed E-state index contributed by atoms with van der Waals surface area (Å²) >= 11 is -1.99. The van der Waals surface area contributed by atoms with Gasteiger partial charge in [0.15, 0.2) is 11.1 Å². The minimum atomic E-state index is -1.99. The highest BCUT2D eigenvalue weighted by Gasteiger charge is 2.10. The quantitative estimate of drug-likeness (QED) is 0.532. The number of benzene rings is 3. The second-order valence-electron chi connectivity index (χ2n) is 6.00. The number of hydrogen-bond donors (Lipinski definition) is 1. The molecule has 0 amide bonds. The van der Waals surface area contributed by atoms with Crippen LogP contribution in [0.4, 0.5) is 0 Å². The van der Waals surface area contributed by atoms with Crippen molar-refractivity contribution in [3.05, 3.63) is 77.4 Å². The molecule has 1 atom stereocenters. The van der Waals surface area contributed by atoms with Gasteiger partial charge in [0.2, 0.25) is 0 Å². The molecule has 24 heavy (non-hydrogen) atoms. The average Bonchev–Trinajstić information content (AvgIpc) is 2.94. The van der Waals surface area contributed by atoms with Gasteiger partial charge in [-0.2, -0.15) is 0 Å². The molecule has 0 aliphatic heterocycles. The highest BCUT2D eigenvalue weighted by molar-refractivity contribution is 7.79. The van der Waals surface area contributed by atoms with Gasteiger partial charge in [0.05, 0.1) is 4.90 Å². The van der Waals surface area contributed by atoms with Gasteiger partial charge < -0.3 is 8.97 Å². The van der Waals surface area contributed by atoms with E-state index in [4.69, 9.17) is 4.42 Å². The molecule has 0 saturated carbocycles. The molecule has 0 spiro atoms. The summed E-state index contributed by atoms with van der Waals surface area (Å²) < 4.78 is 26.5. The molecule has 4 aromatic rings. The molecule has 1 aromatic heterocycles. The monoisotopic (exact) mass is 336 g/mol. The smallest absolute Gasteiger partial charge is 0.186 e. The van der Waals surface area contributed by atoms with Gasteiger partial charge in [-0.3, -0.25) is 0 Å². The maximum absolute atomic E-state index is 11.3. The highest BCUT2D eigenvalue weighted by Crippen LogP contribution is 2.31. The van der Waals surface area contributed by atoms with Gasteiger partial charge >= 0.3 is 0 Å². The van der Waals surface area contributed by atoms with E-state index in [9.17, 15) is 8.76 Å². The van der Waals surface area contributed by atoms with Gasteiger partial charge in [-0.05, 0) is 54.8 Å². The second kappa shape index (κ2) is 5.89. The van der Waals surface area contributed by atoms with Gasteiger partial charge in [-0.25, -0.2) is 4.21 Å². The molecule has 4 heteroatoms. The molecule has 1 N–H and O–H groups in total. The SMILES string of the molecule is Cc1ccc(Cc2ccc3oc4ccc(S(=O)O)cc4c3c2)cc1. The van der Waals surface area contributed by atoms with Crippen molar-refractivity contribution in [3.63, 3.8) is 0 Å². The Hall–Kier alpha value is -2.43. The zero-order valence-electron chi connectivity index (χ0n) is 13.2. The van der Waals surface area contributed by atoms with E-state index in [0.717, 1.165) is 28.4 Å². The molecular weight excluding hydrogens is 320 g/mol. The second-order valence-corrected chi connectivity index (χ2v) is 6.97. The first-order chi connectivity index (χ1) is 11.6. The van der Waals surface area contributed by atoms with E-state index in [1.54, 1.807) is 18.2 Å². The summed E-state index contributed by atoms with van der Waals surface area (Å²) in [5.41, 5.74) is 5.21. The summed E-state index contributed by atoms with van der Waals surface area (Å²) in [6.45, 7) is 2.08. The highest BCUT2D eigenvalue weighted by atomic mass is 32.2. The lowest BCUT2D eigenvalue weighted by molar-refractivity contribution is 0.564. The predicted molar refractivity (Wildman–Crippen MR) is 96.7 cm³/mol. The number of fused-ring (bicyclic) bond motifs is 3. The van der Waals surface area contributed by atoms with Crippen LogP contribution in [-0.2, 0) is 17.5 Å². The molecule has 3 aromatic carbocycles. The number of furan rings is 1. The van der Waals surface area contributed by atoms with Crippen molar-refractivity contribution < 1.29 is 13.2 Å². The van der Waals surface area contributed by atoms with Crippen LogP contribution in [0.5, 0.6) is 0 Å². The molecule has 0 radical (unpaired) electrons. The molecule has 4 rings (SSSR count). The van der Waals surface area contributed by atoms with Crippen LogP contribution in [0.25, 0.3) is 21.9 Å². The van der Waals surface area contributed by atoms with Crippen LogP contribution in [0, 0.1) is 6.92 Å². The summed E-state index contributed by atoms with van der Waals surface area (Å²) in [5, 5.41) is 1.84. The maximum Gasteiger partial charge on any atom is 0.186 e. The van der Waals surface area contributed by atoms with Gasteiger partial charge in [-0.1, -0.05) is 35.9 Å². The van der Waals surface area contributed by atoms with Crippen LogP contribution in [0.3, 0.4) is 0 Å². The van der Waals surface area contributed by atoms with Gasteiger partial charge in [0.25, 0.3) is 0 Å². The third kappa shape index (κ3) is 2.75. The van der Waals surface area contributed by atoms with Crippen molar-refractivity contribution >= 4 is 33.0 Å². The Bertz CT molecular complexity index is 1060. The van der Waals surface area contributed by atoms with Gasteiger partial charge in [0, 0.05) is 10.8 Å². The van der Waals surface area contributed by atoms with E-state index < -0.39 is 11.1 Å². The summed E-state index contributed by atoms with van der Waals surface area (Å²) in [6.07, 6.45) is 0.842. The molecular formula is C20H16O3S.